The van der Waals surface area contributed by atoms with Crippen molar-refractivity contribution >= 4 is 11.9 Å². The first-order chi connectivity index (χ1) is 8.81. The molecule has 0 radical (unpaired) electrons. The summed E-state index contributed by atoms with van der Waals surface area (Å²) >= 11 is 0. The molecule has 0 aromatic heterocycles. The van der Waals surface area contributed by atoms with Crippen LogP contribution in [0.1, 0.15) is 72.6 Å². The Kier molecular flexibility index (Phi) is 12.9. The van der Waals surface area contributed by atoms with Gasteiger partial charge in [0.15, 0.2) is 0 Å². The molecule has 1 unspecified atom stereocenters. The van der Waals surface area contributed by atoms with Crippen LogP contribution in [0.5, 0.6) is 0 Å². The second kappa shape index (κ2) is 11.6. The summed E-state index contributed by atoms with van der Waals surface area (Å²) in [4.78, 5) is 21.9. The Balaban J connectivity index is 0. The fourth-order valence-electron chi connectivity index (χ4n) is 1.95. The van der Waals surface area contributed by atoms with Crippen LogP contribution in [-0.2, 0) is 14.3 Å². The van der Waals surface area contributed by atoms with E-state index in [1.54, 1.807) is 0 Å². The predicted molar refractivity (Wildman–Crippen MR) is 72.3 cm³/mol. The number of aliphatic carboxylic acids is 1. The summed E-state index contributed by atoms with van der Waals surface area (Å²) in [6.07, 6.45) is 5.83. The number of carboxylic acids is 1. The third kappa shape index (κ3) is 9.78. The van der Waals surface area contributed by atoms with Gasteiger partial charge in [-0.05, 0) is 25.7 Å². The van der Waals surface area contributed by atoms with E-state index in [-0.39, 0.29) is 35.5 Å². The molecule has 4 nitrogen and oxygen atoms in total. The number of esters is 1. The first-order valence-electron chi connectivity index (χ1n) is 7.23. The molecule has 0 spiro atoms. The molecule has 0 aromatic rings. The zero-order valence-electron chi connectivity index (χ0n) is 13.7. The molecule has 0 heterocycles. The molecule has 0 aromatic carbocycles. The topological polar surface area (TPSA) is 66.4 Å². The smallest absolute Gasteiger partial charge is 0.550 e. The van der Waals surface area contributed by atoms with E-state index in [9.17, 15) is 14.7 Å². The van der Waals surface area contributed by atoms with Gasteiger partial charge in [-0.25, -0.2) is 0 Å². The summed E-state index contributed by atoms with van der Waals surface area (Å²) in [5.41, 5.74) is -0.585. The Bertz CT molecular complexity index is 292. The summed E-state index contributed by atoms with van der Waals surface area (Å²) in [6, 6.07) is 0. The Hall–Kier alpha value is -0.0600. The molecule has 0 bridgehead atoms. The number of carbonyl (C=O) groups excluding carboxylic acids is 2. The van der Waals surface area contributed by atoms with Gasteiger partial charge < -0.3 is 14.6 Å². The van der Waals surface area contributed by atoms with Crippen LogP contribution in [0.2, 0.25) is 0 Å². The molecule has 112 valence electrons. The number of carbonyl (C=O) groups is 2. The molecule has 0 rings (SSSR count). The Morgan fingerprint density at radius 3 is 2.15 bits per heavy atom. The van der Waals surface area contributed by atoms with E-state index in [4.69, 9.17) is 4.74 Å². The predicted octanol–water partition coefficient (Wildman–Crippen LogP) is -0.551. The molecule has 1 atom stereocenters. The van der Waals surface area contributed by atoms with Crippen LogP contribution in [0.4, 0.5) is 0 Å². The monoisotopic (exact) mass is 294 g/mol. The van der Waals surface area contributed by atoms with Crippen molar-refractivity contribution in [2.75, 3.05) is 0 Å². The quantitative estimate of drug-likeness (QED) is 0.235. The van der Waals surface area contributed by atoms with Crippen molar-refractivity contribution in [2.24, 2.45) is 5.92 Å². The van der Waals surface area contributed by atoms with Crippen molar-refractivity contribution in [1.82, 2.24) is 0 Å². The first-order valence-corrected chi connectivity index (χ1v) is 7.23. The molecule has 0 N–H and O–H groups in total. The molecule has 0 fully saturated rings. The van der Waals surface area contributed by atoms with E-state index >= 15 is 0 Å². The molecule has 0 aliphatic rings. The third-order valence-electron chi connectivity index (χ3n) is 3.63. The van der Waals surface area contributed by atoms with Crippen LogP contribution < -0.4 is 34.7 Å². The minimum atomic E-state index is -1.39. The zero-order valence-corrected chi connectivity index (χ0v) is 15.7. The van der Waals surface area contributed by atoms with Crippen LogP contribution >= 0.6 is 0 Å². The molecular weight excluding hydrogens is 267 g/mol. The van der Waals surface area contributed by atoms with E-state index < -0.39 is 24.0 Å². The number of rotatable bonds is 10. The van der Waals surface area contributed by atoms with Gasteiger partial charge in [0.25, 0.3) is 0 Å². The second-order valence-corrected chi connectivity index (χ2v) is 5.65. The molecule has 0 aliphatic heterocycles. The Morgan fingerprint density at radius 2 is 1.70 bits per heavy atom. The maximum absolute atomic E-state index is 11.5. The number of ether oxygens (including phenoxy) is 1. The molecule has 5 heteroatoms. The van der Waals surface area contributed by atoms with Crippen LogP contribution in [-0.4, -0.2) is 17.5 Å². The van der Waals surface area contributed by atoms with Gasteiger partial charge in [-0.3, -0.25) is 4.79 Å². The van der Waals surface area contributed by atoms with Crippen molar-refractivity contribution in [3.63, 3.8) is 0 Å². The summed E-state index contributed by atoms with van der Waals surface area (Å²) in [5, 5.41) is 10.4. The molecule has 0 saturated heterocycles. The molecular formula is C15H27NaO4. The molecule has 0 saturated carbocycles. The van der Waals surface area contributed by atoms with Crippen molar-refractivity contribution in [3.05, 3.63) is 0 Å². The fraction of sp³-hybridized carbons (Fsp3) is 0.867. The van der Waals surface area contributed by atoms with Crippen molar-refractivity contribution in [1.29, 1.82) is 0 Å². The Labute approximate surface area is 144 Å². The molecule has 0 aliphatic carbocycles. The number of hydrogen-bond donors (Lipinski definition) is 0. The summed E-state index contributed by atoms with van der Waals surface area (Å²) in [6.45, 7) is 8.02. The van der Waals surface area contributed by atoms with Crippen molar-refractivity contribution in [2.45, 2.75) is 78.2 Å². The number of carboxylic acid groups (broad SMARTS) is 1. The SMILES string of the molecule is CCCCCCCC(C)(OC(=O)CC(=O)[O-])C(C)C.[Na+]. The standard InChI is InChI=1S/C15H28O4.Na/c1-5-6-7-8-9-10-15(4,12(2)3)19-14(18)11-13(16)17;/h12H,5-11H2,1-4H3,(H,16,17);/q;+1/p-1. The van der Waals surface area contributed by atoms with E-state index in [0.29, 0.717) is 0 Å². The minimum absolute atomic E-state index is 0. The van der Waals surface area contributed by atoms with Crippen LogP contribution in [0, 0.1) is 5.92 Å². The van der Waals surface area contributed by atoms with Crippen LogP contribution in [0.15, 0.2) is 0 Å². The maximum atomic E-state index is 11.5. The van der Waals surface area contributed by atoms with Gasteiger partial charge in [-0.2, -0.15) is 0 Å². The number of unbranched alkanes of at least 4 members (excludes halogenated alkanes) is 4. The summed E-state index contributed by atoms with van der Waals surface area (Å²) in [5.74, 6) is -1.94. The van der Waals surface area contributed by atoms with Gasteiger partial charge in [0.2, 0.25) is 0 Å². The zero-order chi connectivity index (χ0) is 14.9. The fourth-order valence-corrected chi connectivity index (χ4v) is 1.95. The average Bonchev–Trinajstić information content (AvgIpc) is 2.27. The van der Waals surface area contributed by atoms with Gasteiger partial charge in [0, 0.05) is 0 Å². The normalized spacial score (nSPS) is 13.4. The second-order valence-electron chi connectivity index (χ2n) is 5.65. The van der Waals surface area contributed by atoms with Gasteiger partial charge in [0.05, 0.1) is 12.4 Å². The van der Waals surface area contributed by atoms with Crippen LogP contribution in [0.3, 0.4) is 0 Å². The van der Waals surface area contributed by atoms with Crippen LogP contribution in [0.25, 0.3) is 0 Å². The van der Waals surface area contributed by atoms with Crippen molar-refractivity contribution < 1.29 is 49.0 Å². The third-order valence-corrected chi connectivity index (χ3v) is 3.63. The number of hydrogen-bond acceptors (Lipinski definition) is 4. The summed E-state index contributed by atoms with van der Waals surface area (Å²) in [7, 11) is 0. The first kappa shape index (κ1) is 22.2. The van der Waals surface area contributed by atoms with Gasteiger partial charge in [0.1, 0.15) is 5.60 Å². The van der Waals surface area contributed by atoms with E-state index in [1.807, 2.05) is 20.8 Å². The van der Waals surface area contributed by atoms with Gasteiger partial charge >= 0.3 is 35.5 Å². The van der Waals surface area contributed by atoms with Gasteiger partial charge in [-0.15, -0.1) is 0 Å². The average molecular weight is 294 g/mol. The summed E-state index contributed by atoms with van der Waals surface area (Å²) < 4.78 is 5.36. The Morgan fingerprint density at radius 1 is 1.15 bits per heavy atom. The minimum Gasteiger partial charge on any atom is -0.550 e. The van der Waals surface area contributed by atoms with Crippen molar-refractivity contribution in [3.8, 4) is 0 Å². The maximum Gasteiger partial charge on any atom is 1.00 e. The van der Waals surface area contributed by atoms with Gasteiger partial charge in [-0.1, -0.05) is 46.5 Å². The molecule has 0 amide bonds. The van der Waals surface area contributed by atoms with E-state index in [0.717, 1.165) is 19.3 Å². The molecule has 20 heavy (non-hydrogen) atoms. The van der Waals surface area contributed by atoms with E-state index in [1.165, 1.54) is 19.3 Å². The largest absolute Gasteiger partial charge is 1.00 e. The van der Waals surface area contributed by atoms with E-state index in [2.05, 4.69) is 6.92 Å².